The van der Waals surface area contributed by atoms with E-state index in [1.54, 1.807) is 0 Å². The van der Waals surface area contributed by atoms with Gasteiger partial charge in [-0.25, -0.2) is 18.8 Å². The number of halogens is 1. The fourth-order valence-corrected chi connectivity index (χ4v) is 6.30. The first-order valence-corrected chi connectivity index (χ1v) is 12.1. The van der Waals surface area contributed by atoms with E-state index in [0.717, 1.165) is 19.3 Å². The summed E-state index contributed by atoms with van der Waals surface area (Å²) in [5, 5.41) is 9.60. The van der Waals surface area contributed by atoms with Crippen LogP contribution < -0.4 is 5.73 Å². The maximum absolute atomic E-state index is 15.8. The van der Waals surface area contributed by atoms with Crippen molar-refractivity contribution in [3.63, 3.8) is 0 Å². The van der Waals surface area contributed by atoms with Gasteiger partial charge < -0.3 is 29.8 Å². The molecule has 3 rings (SSSR count). The molecule has 10 heteroatoms. The highest BCUT2D eigenvalue weighted by Gasteiger charge is 2.73. The number of carboxylic acids is 1. The second-order valence-electron chi connectivity index (χ2n) is 10.9. The Balaban J connectivity index is 1.67. The van der Waals surface area contributed by atoms with Crippen molar-refractivity contribution in [2.24, 2.45) is 28.4 Å². The van der Waals surface area contributed by atoms with E-state index >= 15 is 4.39 Å². The summed E-state index contributed by atoms with van der Waals surface area (Å²) >= 11 is 0. The molecule has 0 heterocycles. The molecule has 194 valence electrons. The molecule has 0 amide bonds. The van der Waals surface area contributed by atoms with Crippen LogP contribution >= 0.6 is 0 Å². The summed E-state index contributed by atoms with van der Waals surface area (Å²) in [4.78, 5) is 37.3. The van der Waals surface area contributed by atoms with Gasteiger partial charge in [0.2, 0.25) is 12.0 Å². The van der Waals surface area contributed by atoms with Gasteiger partial charge in [0.05, 0.1) is 6.10 Å². The number of carbonyl (C=O) groups excluding carboxylic acids is 2. The summed E-state index contributed by atoms with van der Waals surface area (Å²) in [5.41, 5.74) is 0.237. The van der Waals surface area contributed by atoms with Gasteiger partial charge >= 0.3 is 18.1 Å². The quantitative estimate of drug-likeness (QED) is 0.389. The van der Waals surface area contributed by atoms with Gasteiger partial charge in [-0.3, -0.25) is 0 Å². The van der Waals surface area contributed by atoms with E-state index in [-0.39, 0.29) is 30.0 Å². The van der Waals surface area contributed by atoms with Gasteiger partial charge in [-0.15, -0.1) is 0 Å². The molecule has 34 heavy (non-hydrogen) atoms. The molecule has 8 atom stereocenters. The van der Waals surface area contributed by atoms with Crippen LogP contribution in [0, 0.1) is 22.7 Å². The van der Waals surface area contributed by atoms with Crippen molar-refractivity contribution in [2.75, 3.05) is 6.61 Å². The molecular formula is C24H38FNO8. The van der Waals surface area contributed by atoms with E-state index in [2.05, 4.69) is 20.8 Å². The van der Waals surface area contributed by atoms with E-state index in [1.165, 1.54) is 13.8 Å². The number of ether oxygens (including phenoxy) is 4. The second kappa shape index (κ2) is 8.93. The molecule has 0 saturated heterocycles. The van der Waals surface area contributed by atoms with Crippen LogP contribution in [-0.4, -0.2) is 59.5 Å². The zero-order valence-electron chi connectivity index (χ0n) is 20.9. The zero-order valence-corrected chi connectivity index (χ0v) is 20.9. The molecule has 0 aliphatic heterocycles. The Morgan fingerprint density at radius 2 is 1.79 bits per heavy atom. The monoisotopic (exact) mass is 487 g/mol. The summed E-state index contributed by atoms with van der Waals surface area (Å²) in [6, 6.07) is 0. The Bertz CT molecular complexity index is 836. The molecule has 3 fully saturated rings. The number of fused-ring (bicyclic) bond motifs is 2. The number of aliphatic carboxylic acids is 1. The highest BCUT2D eigenvalue weighted by molar-refractivity contribution is 5.95. The first kappa shape index (κ1) is 26.7. The van der Waals surface area contributed by atoms with Crippen LogP contribution in [0.2, 0.25) is 0 Å². The SMILES string of the molecule is CCCO[C@@H]1C[C@H](C)[C@](F)(C(=O)O)[C@]1(N)C(=O)OC(C)OC(=O)O[C@@H]1CC2CC[C@@]1(C)C2(C)C. The van der Waals surface area contributed by atoms with Gasteiger partial charge in [0.15, 0.2) is 5.54 Å². The lowest BCUT2D eigenvalue weighted by atomic mass is 9.70. The Kier molecular flexibility index (Phi) is 7.00. The summed E-state index contributed by atoms with van der Waals surface area (Å²) in [5.74, 6) is -3.88. The Labute approximate surface area is 199 Å². The molecule has 0 spiro atoms. The number of nitrogens with two attached hydrogens (primary N) is 1. The lowest BCUT2D eigenvalue weighted by molar-refractivity contribution is -0.193. The van der Waals surface area contributed by atoms with Crippen molar-refractivity contribution in [3.05, 3.63) is 0 Å². The molecule has 0 aromatic carbocycles. The predicted octanol–water partition coefficient (Wildman–Crippen LogP) is 3.57. The number of esters is 1. The third-order valence-corrected chi connectivity index (χ3v) is 9.02. The molecule has 0 radical (unpaired) electrons. The molecular weight excluding hydrogens is 449 g/mol. The lowest BCUT2D eigenvalue weighted by Gasteiger charge is -2.38. The minimum absolute atomic E-state index is 0.0237. The van der Waals surface area contributed by atoms with Gasteiger partial charge in [-0.05, 0) is 43.4 Å². The van der Waals surface area contributed by atoms with E-state index in [0.29, 0.717) is 12.3 Å². The van der Waals surface area contributed by atoms with Crippen molar-refractivity contribution in [3.8, 4) is 0 Å². The van der Waals surface area contributed by atoms with E-state index < -0.39 is 47.6 Å². The predicted molar refractivity (Wildman–Crippen MR) is 118 cm³/mol. The molecule has 2 unspecified atom stereocenters. The van der Waals surface area contributed by atoms with Crippen molar-refractivity contribution in [1.29, 1.82) is 0 Å². The first-order valence-electron chi connectivity index (χ1n) is 12.1. The summed E-state index contributed by atoms with van der Waals surface area (Å²) in [6.07, 6.45) is -0.792. The van der Waals surface area contributed by atoms with Crippen molar-refractivity contribution >= 4 is 18.1 Å². The van der Waals surface area contributed by atoms with Crippen LogP contribution in [0.5, 0.6) is 0 Å². The van der Waals surface area contributed by atoms with E-state index in [9.17, 15) is 19.5 Å². The van der Waals surface area contributed by atoms with Gasteiger partial charge in [0.25, 0.3) is 0 Å². The standard InChI is InChI=1S/C24H38FNO8/c1-7-10-31-17-11-13(2)23(25,18(27)28)24(17,26)19(29)32-14(3)33-20(30)34-16-12-15-8-9-22(16,6)21(15,4)5/h13-17H,7-12,26H2,1-6H3,(H,27,28)/t13-,14?,15?,16+,17+,22+,23-,24+/m0/s1. The third-order valence-electron chi connectivity index (χ3n) is 9.02. The summed E-state index contributed by atoms with van der Waals surface area (Å²) in [7, 11) is 0. The molecule has 2 bridgehead atoms. The fraction of sp³-hybridized carbons (Fsp3) is 0.875. The average molecular weight is 488 g/mol. The number of hydrogen-bond acceptors (Lipinski definition) is 8. The lowest BCUT2D eigenvalue weighted by Crippen LogP contribution is -2.70. The zero-order chi connectivity index (χ0) is 25.7. The Morgan fingerprint density at radius 1 is 1.15 bits per heavy atom. The largest absolute Gasteiger partial charge is 0.511 e. The molecule has 3 N–H and O–H groups in total. The minimum Gasteiger partial charge on any atom is -0.479 e. The van der Waals surface area contributed by atoms with Crippen molar-refractivity contribution in [1.82, 2.24) is 0 Å². The minimum atomic E-state index is -3.12. The number of carboxylic acid groups (broad SMARTS) is 1. The number of hydrogen-bond donors (Lipinski definition) is 2. The van der Waals surface area contributed by atoms with Crippen LogP contribution in [0.25, 0.3) is 0 Å². The molecule has 3 aliphatic carbocycles. The van der Waals surface area contributed by atoms with Gasteiger partial charge in [-0.1, -0.05) is 34.6 Å². The van der Waals surface area contributed by atoms with Crippen LogP contribution in [0.3, 0.4) is 0 Å². The maximum atomic E-state index is 15.8. The molecule has 0 aromatic rings. The third kappa shape index (κ3) is 3.77. The maximum Gasteiger partial charge on any atom is 0.511 e. The topological polar surface area (TPSA) is 134 Å². The molecule has 3 aliphatic rings. The van der Waals surface area contributed by atoms with Gasteiger partial charge in [0.1, 0.15) is 6.10 Å². The number of alkyl halides is 1. The number of rotatable bonds is 8. The highest BCUT2D eigenvalue weighted by Crippen LogP contribution is 2.66. The fourth-order valence-electron chi connectivity index (χ4n) is 6.30. The summed E-state index contributed by atoms with van der Waals surface area (Å²) < 4.78 is 37.1. The smallest absolute Gasteiger partial charge is 0.479 e. The normalized spacial score (nSPS) is 41.2. The van der Waals surface area contributed by atoms with Gasteiger partial charge in [-0.2, -0.15) is 0 Å². The van der Waals surface area contributed by atoms with Crippen LogP contribution in [0.1, 0.15) is 73.6 Å². The van der Waals surface area contributed by atoms with Crippen LogP contribution in [0.4, 0.5) is 9.18 Å². The Morgan fingerprint density at radius 3 is 2.29 bits per heavy atom. The van der Waals surface area contributed by atoms with Crippen LogP contribution in [0.15, 0.2) is 0 Å². The van der Waals surface area contributed by atoms with Gasteiger partial charge in [0, 0.05) is 24.9 Å². The van der Waals surface area contributed by atoms with E-state index in [4.69, 9.17) is 24.7 Å². The van der Waals surface area contributed by atoms with Crippen molar-refractivity contribution < 1.29 is 42.8 Å². The number of carbonyl (C=O) groups is 3. The van der Waals surface area contributed by atoms with Crippen LogP contribution in [-0.2, 0) is 28.5 Å². The van der Waals surface area contributed by atoms with Crippen molar-refractivity contribution in [2.45, 2.75) is 103 Å². The molecule has 9 nitrogen and oxygen atoms in total. The van der Waals surface area contributed by atoms with E-state index in [1.807, 2.05) is 6.92 Å². The first-order chi connectivity index (χ1) is 15.7. The summed E-state index contributed by atoms with van der Waals surface area (Å²) in [6.45, 7) is 11.0. The molecule has 3 saturated carbocycles. The average Bonchev–Trinajstić information content (AvgIpc) is 3.17. The highest BCUT2D eigenvalue weighted by atomic mass is 19.1. The molecule has 0 aromatic heterocycles. The second-order valence-corrected chi connectivity index (χ2v) is 10.9. The Hall–Kier alpha value is -1.94.